The molecule has 0 unspecified atom stereocenters. The number of hydrogen-bond donors (Lipinski definition) is 5. The van der Waals surface area contributed by atoms with E-state index in [1.807, 2.05) is 13.1 Å². The van der Waals surface area contributed by atoms with Crippen molar-refractivity contribution in [2.24, 2.45) is 5.73 Å². The van der Waals surface area contributed by atoms with Crippen molar-refractivity contribution in [3.05, 3.63) is 76.4 Å². The highest BCUT2D eigenvalue weighted by molar-refractivity contribution is 7.89. The molecule has 0 spiro atoms. The van der Waals surface area contributed by atoms with Crippen LogP contribution in [0.25, 0.3) is 0 Å². The highest BCUT2D eigenvalue weighted by Gasteiger charge is 2.50. The monoisotopic (exact) mass is 553 g/mol. The van der Waals surface area contributed by atoms with Gasteiger partial charge in [0.15, 0.2) is 11.3 Å². The number of benzene rings is 2. The van der Waals surface area contributed by atoms with Gasteiger partial charge in [0.1, 0.15) is 5.84 Å². The molecule has 6 N–H and O–H groups in total. The third-order valence-corrected chi connectivity index (χ3v) is 8.96. The molecule has 0 bridgehead atoms. The van der Waals surface area contributed by atoms with E-state index in [4.69, 9.17) is 11.1 Å². The van der Waals surface area contributed by atoms with Gasteiger partial charge in [0, 0.05) is 31.6 Å². The summed E-state index contributed by atoms with van der Waals surface area (Å²) < 4.78 is 29.9. The zero-order chi connectivity index (χ0) is 28.4. The Morgan fingerprint density at radius 1 is 1.18 bits per heavy atom. The Bertz CT molecular complexity index is 1440. The minimum atomic E-state index is -4.20. The number of sulfonamides is 1. The molecule has 0 saturated carbocycles. The van der Waals surface area contributed by atoms with Crippen LogP contribution in [0.4, 0.5) is 0 Å². The third kappa shape index (κ3) is 6.27. The van der Waals surface area contributed by atoms with Crippen molar-refractivity contribution in [2.45, 2.75) is 49.1 Å². The fraction of sp³-hybridized carbons (Fsp3) is 0.393. The highest BCUT2D eigenvalue weighted by atomic mass is 32.2. The largest absolute Gasteiger partial charge is 0.480 e. The van der Waals surface area contributed by atoms with E-state index in [1.165, 1.54) is 6.07 Å². The molecule has 39 heavy (non-hydrogen) atoms. The van der Waals surface area contributed by atoms with Crippen molar-refractivity contribution in [1.29, 1.82) is 5.41 Å². The van der Waals surface area contributed by atoms with Gasteiger partial charge in [-0.3, -0.25) is 15.5 Å². The summed E-state index contributed by atoms with van der Waals surface area (Å²) in [5, 5.41) is 20.7. The lowest BCUT2D eigenvalue weighted by Crippen LogP contribution is -2.65. The quantitative estimate of drug-likeness (QED) is 0.134. The Labute approximate surface area is 228 Å². The first-order chi connectivity index (χ1) is 18.4. The van der Waals surface area contributed by atoms with Gasteiger partial charge in [0.25, 0.3) is 0 Å². The van der Waals surface area contributed by atoms with Crippen LogP contribution in [-0.4, -0.2) is 74.3 Å². The standard InChI is InChI=1S/C28H35N5O5S/c1-18-8-11-31-28(17-18,27(35)36)25(34)24(15-19-4-3-5-22(14-19)26(29)30)32-39(37,38)23-7-6-20-9-12-33(2)13-10-21(20)16-23/h3-8,14,16,24,31-32H,9-13,15,17H2,1-2H3,(H3,29,30)(H,35,36)/t24-,28+/m0/s1. The summed E-state index contributed by atoms with van der Waals surface area (Å²) in [6.07, 6.45) is 3.12. The Morgan fingerprint density at radius 3 is 2.56 bits per heavy atom. The number of aliphatic carboxylic acids is 1. The Kier molecular flexibility index (Phi) is 8.36. The summed E-state index contributed by atoms with van der Waals surface area (Å²) in [5.74, 6) is -2.32. The van der Waals surface area contributed by atoms with Gasteiger partial charge in [-0.2, -0.15) is 0 Å². The second kappa shape index (κ2) is 11.4. The Hall–Kier alpha value is -3.38. The molecule has 0 fully saturated rings. The molecule has 11 heteroatoms. The average Bonchev–Trinajstić information content (AvgIpc) is 3.08. The van der Waals surface area contributed by atoms with Crippen LogP contribution < -0.4 is 15.8 Å². The van der Waals surface area contributed by atoms with Gasteiger partial charge in [-0.1, -0.05) is 35.9 Å². The molecule has 2 atom stereocenters. The van der Waals surface area contributed by atoms with Crippen molar-refractivity contribution in [1.82, 2.24) is 14.9 Å². The van der Waals surface area contributed by atoms with E-state index in [1.54, 1.807) is 43.3 Å². The lowest BCUT2D eigenvalue weighted by molar-refractivity contribution is -0.151. The van der Waals surface area contributed by atoms with Crippen molar-refractivity contribution in [3.63, 3.8) is 0 Å². The summed E-state index contributed by atoms with van der Waals surface area (Å²) in [6, 6.07) is 10.2. The maximum absolute atomic E-state index is 14.0. The topological polar surface area (TPSA) is 166 Å². The van der Waals surface area contributed by atoms with Crippen molar-refractivity contribution >= 4 is 27.6 Å². The number of Topliss-reactive ketones (excluding diaryl/α,β-unsaturated/α-hetero) is 1. The second-order valence-electron chi connectivity index (χ2n) is 10.4. The van der Waals surface area contributed by atoms with Crippen molar-refractivity contribution in [3.8, 4) is 0 Å². The number of nitrogens with one attached hydrogen (secondary N) is 3. The maximum Gasteiger partial charge on any atom is 0.332 e. The molecule has 2 aromatic carbocycles. The van der Waals surface area contributed by atoms with Gasteiger partial charge in [-0.15, -0.1) is 0 Å². The van der Waals surface area contributed by atoms with E-state index in [9.17, 15) is 23.1 Å². The van der Waals surface area contributed by atoms with E-state index >= 15 is 0 Å². The Morgan fingerprint density at radius 2 is 1.90 bits per heavy atom. The lowest BCUT2D eigenvalue weighted by Gasteiger charge is -2.35. The predicted molar refractivity (Wildman–Crippen MR) is 148 cm³/mol. The molecule has 0 saturated heterocycles. The first-order valence-electron chi connectivity index (χ1n) is 12.9. The molecule has 0 aromatic heterocycles. The predicted octanol–water partition coefficient (Wildman–Crippen LogP) is 1.22. The maximum atomic E-state index is 14.0. The smallest absolute Gasteiger partial charge is 0.332 e. The molecule has 2 heterocycles. The number of likely N-dealkylation sites (N-methyl/N-ethyl adjacent to an activating group) is 1. The van der Waals surface area contributed by atoms with Gasteiger partial charge in [0.05, 0.1) is 10.9 Å². The van der Waals surface area contributed by atoms with Crippen LogP contribution in [0.1, 0.15) is 35.6 Å². The molecule has 2 aromatic rings. The molecule has 0 aliphatic carbocycles. The molecular formula is C28H35N5O5S. The molecule has 0 radical (unpaired) electrons. The molecule has 2 aliphatic heterocycles. The number of nitrogens with zero attached hydrogens (tertiary/aromatic N) is 1. The number of carboxylic acids is 1. The fourth-order valence-electron chi connectivity index (χ4n) is 5.21. The number of nitrogens with two attached hydrogens (primary N) is 1. The SMILES string of the molecule is CC1=CCN[C@@](C(=O)O)(C(=O)[C@H](Cc2cccc(C(=N)N)c2)NS(=O)(=O)c2ccc3c(c2)CCN(C)CC3)C1. The minimum Gasteiger partial charge on any atom is -0.480 e. The number of hydrogen-bond acceptors (Lipinski definition) is 7. The molecule has 4 rings (SSSR count). The van der Waals surface area contributed by atoms with E-state index in [0.29, 0.717) is 17.5 Å². The van der Waals surface area contributed by atoms with Crippen LogP contribution in [-0.2, 0) is 38.9 Å². The molecule has 208 valence electrons. The summed E-state index contributed by atoms with van der Waals surface area (Å²) >= 11 is 0. The van der Waals surface area contributed by atoms with Crippen molar-refractivity contribution in [2.75, 3.05) is 26.7 Å². The van der Waals surface area contributed by atoms with Crippen LogP contribution in [0.15, 0.2) is 59.0 Å². The van der Waals surface area contributed by atoms with Crippen LogP contribution in [0.2, 0.25) is 0 Å². The van der Waals surface area contributed by atoms with Gasteiger partial charge < -0.3 is 15.7 Å². The highest BCUT2D eigenvalue weighted by Crippen LogP contribution is 2.26. The van der Waals surface area contributed by atoms with Crippen LogP contribution in [0.3, 0.4) is 0 Å². The number of carbonyl (C=O) groups is 2. The number of fused-ring (bicyclic) bond motifs is 1. The Balaban J connectivity index is 1.72. The van der Waals surface area contributed by atoms with E-state index in [0.717, 1.165) is 36.2 Å². The number of nitrogen functional groups attached to an aromatic ring is 1. The van der Waals surface area contributed by atoms with E-state index < -0.39 is 33.4 Å². The first-order valence-corrected chi connectivity index (χ1v) is 14.3. The number of amidine groups is 1. The van der Waals surface area contributed by atoms with Crippen LogP contribution in [0.5, 0.6) is 0 Å². The fourth-order valence-corrected chi connectivity index (χ4v) is 6.45. The van der Waals surface area contributed by atoms with Crippen LogP contribution >= 0.6 is 0 Å². The average molecular weight is 554 g/mol. The molecule has 2 aliphatic rings. The molecular weight excluding hydrogens is 518 g/mol. The van der Waals surface area contributed by atoms with Gasteiger partial charge in [-0.05, 0) is 68.1 Å². The number of carboxylic acid groups (broad SMARTS) is 1. The summed E-state index contributed by atoms with van der Waals surface area (Å²) in [7, 11) is -2.18. The summed E-state index contributed by atoms with van der Waals surface area (Å²) in [4.78, 5) is 28.7. The van der Waals surface area contributed by atoms with Gasteiger partial charge >= 0.3 is 5.97 Å². The normalized spacial score (nSPS) is 20.8. The summed E-state index contributed by atoms with van der Waals surface area (Å²) in [6.45, 7) is 3.60. The number of rotatable bonds is 9. The zero-order valence-corrected chi connectivity index (χ0v) is 23.0. The summed E-state index contributed by atoms with van der Waals surface area (Å²) in [5.41, 5.74) is 7.35. The van der Waals surface area contributed by atoms with Gasteiger partial charge in [-0.25, -0.2) is 17.9 Å². The zero-order valence-electron chi connectivity index (χ0n) is 22.2. The first kappa shape index (κ1) is 28.6. The minimum absolute atomic E-state index is 0.0261. The van der Waals surface area contributed by atoms with E-state index in [2.05, 4.69) is 14.9 Å². The number of carbonyl (C=O) groups excluding carboxylic acids is 1. The third-order valence-electron chi connectivity index (χ3n) is 7.49. The lowest BCUT2D eigenvalue weighted by atomic mass is 9.80. The van der Waals surface area contributed by atoms with E-state index in [-0.39, 0.29) is 30.1 Å². The molecule has 0 amide bonds. The van der Waals surface area contributed by atoms with Crippen LogP contribution in [0, 0.1) is 5.41 Å². The second-order valence-corrected chi connectivity index (χ2v) is 12.1. The number of ketones is 1. The molecule has 10 nitrogen and oxygen atoms in total. The van der Waals surface area contributed by atoms with Gasteiger partial charge in [0.2, 0.25) is 10.0 Å². The van der Waals surface area contributed by atoms with Crippen molar-refractivity contribution < 1.29 is 23.1 Å².